The number of rotatable bonds is 6. The van der Waals surface area contributed by atoms with Gasteiger partial charge in [0.25, 0.3) is 0 Å². The number of hydrogen-bond donors (Lipinski definition) is 1. The number of aromatic nitrogens is 1. The van der Waals surface area contributed by atoms with Gasteiger partial charge < -0.3 is 5.11 Å². The number of carboxylic acids is 1. The number of pyridine rings is 1. The monoisotopic (exact) mass is 415 g/mol. The number of ketones is 1. The molecule has 1 heterocycles. The van der Waals surface area contributed by atoms with E-state index < -0.39 is 5.97 Å². The molecule has 0 saturated heterocycles. The van der Waals surface area contributed by atoms with Crippen LogP contribution in [0.5, 0.6) is 0 Å². The number of para-hydroxylation sites is 1. The van der Waals surface area contributed by atoms with Gasteiger partial charge in [-0.1, -0.05) is 54.1 Å². The first-order valence-corrected chi connectivity index (χ1v) is 9.86. The van der Waals surface area contributed by atoms with Crippen molar-refractivity contribution in [1.29, 1.82) is 0 Å². The SMILES string of the molecule is O=C(Cc1cccc(-c2ccc3ccccc3n2)c1)Cc1cc(Cl)ccc1C(=O)O. The number of nitrogens with zero attached hydrogens (tertiary/aromatic N) is 1. The second-order valence-electron chi connectivity index (χ2n) is 7.09. The number of fused-ring (bicyclic) bond motifs is 1. The summed E-state index contributed by atoms with van der Waals surface area (Å²) in [7, 11) is 0. The minimum Gasteiger partial charge on any atom is -0.478 e. The van der Waals surface area contributed by atoms with Gasteiger partial charge >= 0.3 is 5.97 Å². The van der Waals surface area contributed by atoms with Gasteiger partial charge in [-0.3, -0.25) is 4.79 Å². The van der Waals surface area contributed by atoms with Crippen molar-refractivity contribution in [1.82, 2.24) is 4.98 Å². The summed E-state index contributed by atoms with van der Waals surface area (Å²) in [6.07, 6.45) is 0.216. The Hall–Kier alpha value is -3.50. The minimum atomic E-state index is -1.07. The topological polar surface area (TPSA) is 67.3 Å². The average molecular weight is 416 g/mol. The van der Waals surface area contributed by atoms with Crippen LogP contribution in [-0.4, -0.2) is 21.8 Å². The fourth-order valence-corrected chi connectivity index (χ4v) is 3.68. The summed E-state index contributed by atoms with van der Waals surface area (Å²) < 4.78 is 0. The second kappa shape index (κ2) is 8.47. The van der Waals surface area contributed by atoms with E-state index in [0.717, 1.165) is 27.7 Å². The molecule has 4 aromatic rings. The van der Waals surface area contributed by atoms with Crippen molar-refractivity contribution in [3.05, 3.63) is 101 Å². The van der Waals surface area contributed by atoms with Gasteiger partial charge in [0, 0.05) is 28.8 Å². The van der Waals surface area contributed by atoms with Crippen molar-refractivity contribution in [2.45, 2.75) is 12.8 Å². The van der Waals surface area contributed by atoms with Crippen LogP contribution < -0.4 is 0 Å². The molecule has 3 aromatic carbocycles. The van der Waals surface area contributed by atoms with Crippen molar-refractivity contribution in [2.24, 2.45) is 0 Å². The van der Waals surface area contributed by atoms with E-state index in [1.807, 2.05) is 60.7 Å². The van der Waals surface area contributed by atoms with Gasteiger partial charge in [-0.2, -0.15) is 0 Å². The molecule has 5 heteroatoms. The lowest BCUT2D eigenvalue weighted by Gasteiger charge is -2.08. The lowest BCUT2D eigenvalue weighted by Crippen LogP contribution is -2.11. The molecule has 30 heavy (non-hydrogen) atoms. The number of halogens is 1. The van der Waals surface area contributed by atoms with Crippen LogP contribution in [0, 0.1) is 0 Å². The molecule has 0 spiro atoms. The van der Waals surface area contributed by atoms with Gasteiger partial charge in [0.2, 0.25) is 0 Å². The first-order valence-electron chi connectivity index (χ1n) is 9.48. The largest absolute Gasteiger partial charge is 0.478 e. The van der Waals surface area contributed by atoms with E-state index in [1.54, 1.807) is 6.07 Å². The summed E-state index contributed by atoms with van der Waals surface area (Å²) in [5, 5.41) is 10.8. The van der Waals surface area contributed by atoms with Gasteiger partial charge in [-0.25, -0.2) is 9.78 Å². The Morgan fingerprint density at radius 3 is 2.53 bits per heavy atom. The number of carbonyl (C=O) groups excluding carboxylic acids is 1. The van der Waals surface area contributed by atoms with Gasteiger partial charge in [-0.05, 0) is 47.5 Å². The molecule has 0 bridgehead atoms. The van der Waals surface area contributed by atoms with Crippen LogP contribution in [0.25, 0.3) is 22.2 Å². The van der Waals surface area contributed by atoms with Crippen molar-refractivity contribution in [3.63, 3.8) is 0 Å². The van der Waals surface area contributed by atoms with E-state index in [4.69, 9.17) is 16.6 Å². The fourth-order valence-electron chi connectivity index (χ4n) is 3.49. The van der Waals surface area contributed by atoms with E-state index in [2.05, 4.69) is 0 Å². The number of carbonyl (C=O) groups is 2. The molecule has 0 aliphatic heterocycles. The van der Waals surface area contributed by atoms with Crippen molar-refractivity contribution in [3.8, 4) is 11.3 Å². The summed E-state index contributed by atoms with van der Waals surface area (Å²) in [4.78, 5) is 28.8. The summed E-state index contributed by atoms with van der Waals surface area (Å²) in [6, 6.07) is 24.1. The van der Waals surface area contributed by atoms with Crippen LogP contribution in [0.4, 0.5) is 0 Å². The standard InChI is InChI=1S/C25H18ClNO3/c26-20-9-10-22(25(29)30)19(14-20)15-21(28)13-16-4-3-6-18(12-16)24-11-8-17-5-1-2-7-23(17)27-24/h1-12,14H,13,15H2,(H,29,30). The van der Waals surface area contributed by atoms with E-state index >= 15 is 0 Å². The molecule has 4 nitrogen and oxygen atoms in total. The lowest BCUT2D eigenvalue weighted by molar-refractivity contribution is -0.117. The molecule has 1 aromatic heterocycles. The third kappa shape index (κ3) is 4.39. The van der Waals surface area contributed by atoms with Crippen LogP contribution in [0.3, 0.4) is 0 Å². The molecule has 0 atom stereocenters. The lowest BCUT2D eigenvalue weighted by atomic mass is 9.97. The Balaban J connectivity index is 1.55. The number of benzene rings is 3. The summed E-state index contributed by atoms with van der Waals surface area (Å²) in [5.74, 6) is -1.15. The molecule has 0 unspecified atom stereocenters. The Morgan fingerprint density at radius 2 is 1.70 bits per heavy atom. The number of carboxylic acid groups (broad SMARTS) is 1. The first-order chi connectivity index (χ1) is 14.5. The Labute approximate surface area is 178 Å². The molecule has 1 N–H and O–H groups in total. The van der Waals surface area contributed by atoms with E-state index in [0.29, 0.717) is 10.6 Å². The minimum absolute atomic E-state index is 0.0145. The molecular weight excluding hydrogens is 398 g/mol. The van der Waals surface area contributed by atoms with Crippen LogP contribution in [-0.2, 0) is 17.6 Å². The predicted molar refractivity (Wildman–Crippen MR) is 118 cm³/mol. The maximum Gasteiger partial charge on any atom is 0.335 e. The predicted octanol–water partition coefficient (Wildman–Crippen LogP) is 5.61. The average Bonchev–Trinajstić information content (AvgIpc) is 2.73. The highest BCUT2D eigenvalue weighted by molar-refractivity contribution is 6.30. The number of Topliss-reactive ketones (excluding diaryl/α,β-unsaturated/α-hetero) is 1. The van der Waals surface area contributed by atoms with Crippen molar-refractivity contribution >= 4 is 34.3 Å². The molecule has 0 radical (unpaired) electrons. The Bertz CT molecular complexity index is 1270. The molecule has 148 valence electrons. The second-order valence-corrected chi connectivity index (χ2v) is 7.52. The Morgan fingerprint density at radius 1 is 0.867 bits per heavy atom. The van der Waals surface area contributed by atoms with Gasteiger partial charge in [-0.15, -0.1) is 0 Å². The molecule has 0 aliphatic carbocycles. The van der Waals surface area contributed by atoms with Crippen LogP contribution in [0.2, 0.25) is 5.02 Å². The third-order valence-corrected chi connectivity index (χ3v) is 5.14. The van der Waals surface area contributed by atoms with Crippen LogP contribution in [0.1, 0.15) is 21.5 Å². The molecule has 0 amide bonds. The Kier molecular flexibility index (Phi) is 5.59. The molecule has 0 fully saturated rings. The first kappa shape index (κ1) is 19.8. The number of hydrogen-bond acceptors (Lipinski definition) is 3. The normalized spacial score (nSPS) is 10.8. The molecular formula is C25H18ClNO3. The van der Waals surface area contributed by atoms with Gasteiger partial charge in [0.1, 0.15) is 5.78 Å². The van der Waals surface area contributed by atoms with Crippen molar-refractivity contribution in [2.75, 3.05) is 0 Å². The number of aromatic carboxylic acids is 1. The molecule has 0 aliphatic rings. The highest BCUT2D eigenvalue weighted by Crippen LogP contribution is 2.23. The van der Waals surface area contributed by atoms with E-state index in [1.165, 1.54) is 12.1 Å². The van der Waals surface area contributed by atoms with Crippen molar-refractivity contribution < 1.29 is 14.7 Å². The van der Waals surface area contributed by atoms with E-state index in [-0.39, 0.29) is 24.2 Å². The van der Waals surface area contributed by atoms with E-state index in [9.17, 15) is 14.7 Å². The fraction of sp³-hybridized carbons (Fsp3) is 0.0800. The van der Waals surface area contributed by atoms with Gasteiger partial charge in [0.15, 0.2) is 0 Å². The summed E-state index contributed by atoms with van der Waals surface area (Å²) in [6.45, 7) is 0. The highest BCUT2D eigenvalue weighted by atomic mass is 35.5. The van der Waals surface area contributed by atoms with Gasteiger partial charge in [0.05, 0.1) is 16.8 Å². The third-order valence-electron chi connectivity index (χ3n) is 4.91. The smallest absolute Gasteiger partial charge is 0.335 e. The highest BCUT2D eigenvalue weighted by Gasteiger charge is 2.14. The quantitative estimate of drug-likeness (QED) is 0.444. The zero-order chi connectivity index (χ0) is 21.1. The maximum absolute atomic E-state index is 12.6. The molecule has 4 rings (SSSR count). The molecule has 0 saturated carbocycles. The van der Waals surface area contributed by atoms with Crippen LogP contribution in [0.15, 0.2) is 78.9 Å². The zero-order valence-electron chi connectivity index (χ0n) is 16.0. The summed E-state index contributed by atoms with van der Waals surface area (Å²) in [5.41, 5.74) is 4.06. The maximum atomic E-state index is 12.6. The van der Waals surface area contributed by atoms with Crippen LogP contribution >= 0.6 is 11.6 Å². The summed E-state index contributed by atoms with van der Waals surface area (Å²) >= 11 is 5.98. The zero-order valence-corrected chi connectivity index (χ0v) is 16.8.